The van der Waals surface area contributed by atoms with Gasteiger partial charge in [0, 0.05) is 50.0 Å². The molecule has 2 N–H and O–H groups in total. The lowest BCUT2D eigenvalue weighted by molar-refractivity contribution is 0.210. The Morgan fingerprint density at radius 3 is 3.00 bits per heavy atom. The molecule has 0 saturated carbocycles. The molecule has 1 aliphatic heterocycles. The standard InChI is InChI=1S/C14H17FN4/c1-18-7-10(6-17-18)8-19-9-12-11(14(19)5-16)3-2-4-13(12)15/h2-4,6-7,14H,5,8-9,16H2,1H3. The van der Waals surface area contributed by atoms with E-state index >= 15 is 0 Å². The van der Waals surface area contributed by atoms with E-state index in [0.29, 0.717) is 13.1 Å². The van der Waals surface area contributed by atoms with Crippen molar-refractivity contribution in [1.29, 1.82) is 0 Å². The lowest BCUT2D eigenvalue weighted by Gasteiger charge is -2.22. The predicted molar refractivity (Wildman–Crippen MR) is 70.7 cm³/mol. The van der Waals surface area contributed by atoms with Crippen LogP contribution in [0.5, 0.6) is 0 Å². The molecule has 100 valence electrons. The summed E-state index contributed by atoms with van der Waals surface area (Å²) in [6.07, 6.45) is 3.82. The van der Waals surface area contributed by atoms with E-state index in [4.69, 9.17) is 5.73 Å². The van der Waals surface area contributed by atoms with Crippen LogP contribution in [0.15, 0.2) is 30.6 Å². The first-order valence-electron chi connectivity index (χ1n) is 6.38. The van der Waals surface area contributed by atoms with Crippen molar-refractivity contribution in [2.24, 2.45) is 12.8 Å². The molecular formula is C14H17FN4. The van der Waals surface area contributed by atoms with Gasteiger partial charge in [0.05, 0.1) is 6.20 Å². The Balaban J connectivity index is 1.87. The second kappa shape index (κ2) is 4.75. The van der Waals surface area contributed by atoms with E-state index in [0.717, 1.165) is 23.2 Å². The second-order valence-corrected chi connectivity index (χ2v) is 4.99. The SMILES string of the molecule is Cn1cc(CN2Cc3c(F)cccc3C2CN)cn1. The van der Waals surface area contributed by atoms with Crippen molar-refractivity contribution in [3.8, 4) is 0 Å². The van der Waals surface area contributed by atoms with Crippen molar-refractivity contribution in [3.63, 3.8) is 0 Å². The topological polar surface area (TPSA) is 47.1 Å². The summed E-state index contributed by atoms with van der Waals surface area (Å²) in [6.45, 7) is 1.85. The summed E-state index contributed by atoms with van der Waals surface area (Å²) in [5.74, 6) is -0.135. The number of aromatic nitrogens is 2. The van der Waals surface area contributed by atoms with Gasteiger partial charge in [-0.1, -0.05) is 12.1 Å². The first-order chi connectivity index (χ1) is 9.19. The molecule has 1 aliphatic rings. The molecule has 2 aromatic rings. The van der Waals surface area contributed by atoms with E-state index in [2.05, 4.69) is 10.00 Å². The molecule has 0 spiro atoms. The number of nitrogens with two attached hydrogens (primary N) is 1. The number of aryl methyl sites for hydroxylation is 1. The van der Waals surface area contributed by atoms with E-state index in [1.807, 2.05) is 25.5 Å². The van der Waals surface area contributed by atoms with Crippen LogP contribution in [-0.2, 0) is 20.1 Å². The molecular weight excluding hydrogens is 243 g/mol. The maximum Gasteiger partial charge on any atom is 0.128 e. The maximum absolute atomic E-state index is 13.8. The fraction of sp³-hybridized carbons (Fsp3) is 0.357. The van der Waals surface area contributed by atoms with Gasteiger partial charge in [0.1, 0.15) is 5.82 Å². The third-order valence-corrected chi connectivity index (χ3v) is 3.68. The van der Waals surface area contributed by atoms with Crippen LogP contribution in [0.1, 0.15) is 22.7 Å². The molecule has 1 aromatic heterocycles. The minimum atomic E-state index is -0.135. The van der Waals surface area contributed by atoms with Crippen molar-refractivity contribution in [3.05, 3.63) is 53.1 Å². The zero-order valence-corrected chi connectivity index (χ0v) is 10.9. The highest BCUT2D eigenvalue weighted by atomic mass is 19.1. The van der Waals surface area contributed by atoms with Crippen LogP contribution in [0.4, 0.5) is 4.39 Å². The van der Waals surface area contributed by atoms with E-state index in [-0.39, 0.29) is 11.9 Å². The molecule has 0 fully saturated rings. The van der Waals surface area contributed by atoms with Gasteiger partial charge in [-0.3, -0.25) is 9.58 Å². The summed E-state index contributed by atoms with van der Waals surface area (Å²) in [6, 6.07) is 5.33. The number of hydrogen-bond acceptors (Lipinski definition) is 3. The Morgan fingerprint density at radius 1 is 1.47 bits per heavy atom. The van der Waals surface area contributed by atoms with E-state index in [1.54, 1.807) is 10.7 Å². The Hall–Kier alpha value is -1.72. The number of halogens is 1. The summed E-state index contributed by atoms with van der Waals surface area (Å²) in [5, 5.41) is 4.16. The number of rotatable bonds is 3. The Morgan fingerprint density at radius 2 is 2.32 bits per heavy atom. The van der Waals surface area contributed by atoms with Crippen molar-refractivity contribution >= 4 is 0 Å². The summed E-state index contributed by atoms with van der Waals surface area (Å²) >= 11 is 0. The molecule has 2 heterocycles. The number of fused-ring (bicyclic) bond motifs is 1. The zero-order chi connectivity index (χ0) is 13.4. The van der Waals surface area contributed by atoms with Crippen LogP contribution in [0.25, 0.3) is 0 Å². The van der Waals surface area contributed by atoms with Gasteiger partial charge < -0.3 is 5.73 Å². The molecule has 0 radical (unpaired) electrons. The predicted octanol–water partition coefficient (Wildman–Crippen LogP) is 1.57. The highest BCUT2D eigenvalue weighted by molar-refractivity contribution is 5.35. The van der Waals surface area contributed by atoms with Crippen molar-refractivity contribution in [2.75, 3.05) is 6.54 Å². The average molecular weight is 260 g/mol. The van der Waals surface area contributed by atoms with Gasteiger partial charge in [-0.15, -0.1) is 0 Å². The Labute approximate surface area is 111 Å². The molecule has 0 bridgehead atoms. The second-order valence-electron chi connectivity index (χ2n) is 4.99. The van der Waals surface area contributed by atoms with Crippen molar-refractivity contribution in [2.45, 2.75) is 19.1 Å². The summed E-state index contributed by atoms with van der Waals surface area (Å²) in [7, 11) is 1.89. The molecule has 19 heavy (non-hydrogen) atoms. The molecule has 0 aliphatic carbocycles. The van der Waals surface area contributed by atoms with E-state index in [1.165, 1.54) is 6.07 Å². The minimum absolute atomic E-state index is 0.0888. The molecule has 1 atom stereocenters. The molecule has 1 unspecified atom stereocenters. The molecule has 1 aromatic carbocycles. The van der Waals surface area contributed by atoms with Gasteiger partial charge in [0.25, 0.3) is 0 Å². The van der Waals surface area contributed by atoms with Crippen LogP contribution in [0.2, 0.25) is 0 Å². The maximum atomic E-state index is 13.8. The Bertz CT molecular complexity index is 593. The normalized spacial score (nSPS) is 18.8. The van der Waals surface area contributed by atoms with E-state index in [9.17, 15) is 4.39 Å². The lowest BCUT2D eigenvalue weighted by atomic mass is 10.0. The molecule has 5 heteroatoms. The molecule has 3 rings (SSSR count). The van der Waals surface area contributed by atoms with Crippen LogP contribution < -0.4 is 5.73 Å². The quantitative estimate of drug-likeness (QED) is 0.911. The third-order valence-electron chi connectivity index (χ3n) is 3.68. The summed E-state index contributed by atoms with van der Waals surface area (Å²) < 4.78 is 15.6. The lowest BCUT2D eigenvalue weighted by Crippen LogP contribution is -2.27. The molecule has 0 saturated heterocycles. The number of nitrogens with zero attached hydrogens (tertiary/aromatic N) is 3. The monoisotopic (exact) mass is 260 g/mol. The first kappa shape index (κ1) is 12.3. The molecule has 4 nitrogen and oxygen atoms in total. The average Bonchev–Trinajstić information content (AvgIpc) is 2.94. The van der Waals surface area contributed by atoms with Gasteiger partial charge in [-0.2, -0.15) is 5.10 Å². The van der Waals surface area contributed by atoms with Gasteiger partial charge in [-0.05, 0) is 11.6 Å². The smallest absolute Gasteiger partial charge is 0.128 e. The number of hydrogen-bond donors (Lipinski definition) is 1. The Kier molecular flexibility index (Phi) is 3.08. The molecule has 0 amide bonds. The van der Waals surface area contributed by atoms with Crippen LogP contribution in [-0.4, -0.2) is 21.2 Å². The largest absolute Gasteiger partial charge is 0.329 e. The van der Waals surface area contributed by atoms with Gasteiger partial charge in [0.2, 0.25) is 0 Å². The van der Waals surface area contributed by atoms with Crippen LogP contribution in [0.3, 0.4) is 0 Å². The number of benzene rings is 1. The highest BCUT2D eigenvalue weighted by Crippen LogP contribution is 2.35. The zero-order valence-electron chi connectivity index (χ0n) is 10.9. The van der Waals surface area contributed by atoms with Crippen molar-refractivity contribution < 1.29 is 4.39 Å². The van der Waals surface area contributed by atoms with Gasteiger partial charge in [0.15, 0.2) is 0 Å². The third kappa shape index (κ3) is 2.15. The van der Waals surface area contributed by atoms with E-state index < -0.39 is 0 Å². The fourth-order valence-electron chi connectivity index (χ4n) is 2.79. The first-order valence-corrected chi connectivity index (χ1v) is 6.38. The van der Waals surface area contributed by atoms with Gasteiger partial charge >= 0.3 is 0 Å². The highest BCUT2D eigenvalue weighted by Gasteiger charge is 2.31. The van der Waals surface area contributed by atoms with Crippen LogP contribution in [0, 0.1) is 5.82 Å². The summed E-state index contributed by atoms with van der Waals surface area (Å²) in [4.78, 5) is 2.20. The van der Waals surface area contributed by atoms with Crippen molar-refractivity contribution in [1.82, 2.24) is 14.7 Å². The van der Waals surface area contributed by atoms with Gasteiger partial charge in [-0.25, -0.2) is 4.39 Å². The summed E-state index contributed by atoms with van der Waals surface area (Å²) in [5.41, 5.74) is 8.78. The van der Waals surface area contributed by atoms with Crippen LogP contribution >= 0.6 is 0 Å². The minimum Gasteiger partial charge on any atom is -0.329 e. The fourth-order valence-corrected chi connectivity index (χ4v) is 2.79.